The van der Waals surface area contributed by atoms with E-state index in [1.54, 1.807) is 13.2 Å². The third-order valence-corrected chi connectivity index (χ3v) is 5.41. The molecule has 1 aliphatic rings. The van der Waals surface area contributed by atoms with E-state index in [2.05, 4.69) is 11.4 Å². The van der Waals surface area contributed by atoms with Crippen molar-refractivity contribution >= 4 is 22.8 Å². The van der Waals surface area contributed by atoms with Gasteiger partial charge in [0.05, 0.1) is 12.7 Å². The summed E-state index contributed by atoms with van der Waals surface area (Å²) >= 11 is 0. The lowest BCUT2D eigenvalue weighted by molar-refractivity contribution is -0.154. The van der Waals surface area contributed by atoms with Crippen LogP contribution >= 0.6 is 0 Å². The summed E-state index contributed by atoms with van der Waals surface area (Å²) in [6, 6.07) is 3.99. The van der Waals surface area contributed by atoms with Crippen LogP contribution in [0, 0.1) is 13.8 Å². The monoisotopic (exact) mass is 383 g/mol. The van der Waals surface area contributed by atoms with Gasteiger partial charge in [-0.2, -0.15) is 0 Å². The maximum Gasteiger partial charge on any atom is 0.311 e. The number of carbonyl (C=O) groups is 2. The van der Waals surface area contributed by atoms with E-state index in [1.165, 1.54) is 18.4 Å². The maximum atomic E-state index is 12.3. The van der Waals surface area contributed by atoms with E-state index < -0.39 is 12.1 Å². The van der Waals surface area contributed by atoms with Gasteiger partial charge in [0, 0.05) is 17.5 Å². The van der Waals surface area contributed by atoms with Gasteiger partial charge in [-0.05, 0) is 76.1 Å². The molecule has 1 aromatic carbocycles. The molecule has 5 heteroatoms. The van der Waals surface area contributed by atoms with Crippen LogP contribution in [0.15, 0.2) is 34.5 Å². The fourth-order valence-electron chi connectivity index (χ4n) is 3.54. The molecule has 0 saturated carbocycles. The third-order valence-electron chi connectivity index (χ3n) is 5.41. The maximum absolute atomic E-state index is 12.3. The molecule has 0 radical (unpaired) electrons. The number of ether oxygens (including phenoxy) is 1. The third kappa shape index (κ3) is 5.03. The molecule has 1 aromatic heterocycles. The van der Waals surface area contributed by atoms with Crippen molar-refractivity contribution in [3.63, 3.8) is 0 Å². The Hall–Kier alpha value is -2.56. The molecule has 28 heavy (non-hydrogen) atoms. The Morgan fingerprint density at radius 3 is 2.75 bits per heavy atom. The summed E-state index contributed by atoms with van der Waals surface area (Å²) in [5.41, 5.74) is 5.23. The SMILES string of the molecule is Cc1cc2occ(CC(=O)O[C@H](C)C(=O)NCCC3=CCCCC3)c2cc1C. The number of hydrogen-bond donors (Lipinski definition) is 1. The van der Waals surface area contributed by atoms with Crippen LogP contribution in [0.25, 0.3) is 11.0 Å². The summed E-state index contributed by atoms with van der Waals surface area (Å²) in [6.07, 6.45) is 8.76. The summed E-state index contributed by atoms with van der Waals surface area (Å²) in [5, 5.41) is 3.78. The van der Waals surface area contributed by atoms with E-state index in [1.807, 2.05) is 26.0 Å². The lowest BCUT2D eigenvalue weighted by atomic mass is 9.97. The van der Waals surface area contributed by atoms with Gasteiger partial charge in [-0.15, -0.1) is 0 Å². The summed E-state index contributed by atoms with van der Waals surface area (Å²) in [6.45, 7) is 6.24. The fourth-order valence-corrected chi connectivity index (χ4v) is 3.54. The number of amides is 1. The highest BCUT2D eigenvalue weighted by Crippen LogP contribution is 2.25. The van der Waals surface area contributed by atoms with Crippen LogP contribution in [0.5, 0.6) is 0 Å². The van der Waals surface area contributed by atoms with E-state index in [-0.39, 0.29) is 12.3 Å². The van der Waals surface area contributed by atoms with Crippen LogP contribution in [-0.4, -0.2) is 24.5 Å². The van der Waals surface area contributed by atoms with E-state index in [0.29, 0.717) is 6.54 Å². The molecule has 0 spiro atoms. The molecule has 0 aliphatic heterocycles. The van der Waals surface area contributed by atoms with E-state index in [0.717, 1.165) is 46.9 Å². The number of rotatable bonds is 7. The number of hydrogen-bond acceptors (Lipinski definition) is 4. The molecule has 1 atom stereocenters. The largest absolute Gasteiger partial charge is 0.464 e. The first-order valence-corrected chi connectivity index (χ1v) is 10.1. The quantitative estimate of drug-likeness (QED) is 0.563. The highest BCUT2D eigenvalue weighted by atomic mass is 16.5. The van der Waals surface area contributed by atoms with Crippen molar-refractivity contribution < 1.29 is 18.7 Å². The fraction of sp³-hybridized carbons (Fsp3) is 0.478. The van der Waals surface area contributed by atoms with Crippen molar-refractivity contribution in [3.8, 4) is 0 Å². The Labute approximate surface area is 166 Å². The molecule has 1 heterocycles. The van der Waals surface area contributed by atoms with Gasteiger partial charge in [-0.3, -0.25) is 9.59 Å². The summed E-state index contributed by atoms with van der Waals surface area (Å²) < 4.78 is 10.9. The van der Waals surface area contributed by atoms with Gasteiger partial charge in [-0.1, -0.05) is 11.6 Å². The van der Waals surface area contributed by atoms with Crippen molar-refractivity contribution in [2.45, 2.75) is 65.4 Å². The van der Waals surface area contributed by atoms with Gasteiger partial charge in [0.15, 0.2) is 6.10 Å². The van der Waals surface area contributed by atoms with Crippen LogP contribution in [-0.2, 0) is 20.7 Å². The Bertz CT molecular complexity index is 893. The van der Waals surface area contributed by atoms with E-state index >= 15 is 0 Å². The molecule has 1 aliphatic carbocycles. The number of benzene rings is 1. The lowest BCUT2D eigenvalue weighted by Gasteiger charge is -2.15. The minimum Gasteiger partial charge on any atom is -0.464 e. The van der Waals surface area contributed by atoms with Crippen LogP contribution in [0.3, 0.4) is 0 Å². The Morgan fingerprint density at radius 1 is 1.21 bits per heavy atom. The number of nitrogens with one attached hydrogen (secondary N) is 1. The normalized spacial score (nSPS) is 15.2. The smallest absolute Gasteiger partial charge is 0.311 e. The van der Waals surface area contributed by atoms with E-state index in [4.69, 9.17) is 9.15 Å². The minimum absolute atomic E-state index is 0.0833. The second kappa shape index (κ2) is 9.09. The molecular formula is C23H29NO4. The zero-order chi connectivity index (χ0) is 20.1. The van der Waals surface area contributed by atoms with Crippen LogP contribution in [0.1, 0.15) is 55.7 Å². The van der Waals surface area contributed by atoms with E-state index in [9.17, 15) is 9.59 Å². The highest BCUT2D eigenvalue weighted by molar-refractivity contribution is 5.88. The summed E-state index contributed by atoms with van der Waals surface area (Å²) in [5.74, 6) is -0.688. The van der Waals surface area contributed by atoms with Crippen LogP contribution in [0.2, 0.25) is 0 Å². The lowest BCUT2D eigenvalue weighted by Crippen LogP contribution is -2.36. The highest BCUT2D eigenvalue weighted by Gasteiger charge is 2.19. The second-order valence-corrected chi connectivity index (χ2v) is 7.65. The minimum atomic E-state index is -0.810. The van der Waals surface area contributed by atoms with Crippen molar-refractivity contribution in [1.29, 1.82) is 0 Å². The first-order valence-electron chi connectivity index (χ1n) is 10.1. The predicted molar refractivity (Wildman–Crippen MR) is 109 cm³/mol. The van der Waals surface area contributed by atoms with Crippen molar-refractivity contribution in [2.75, 3.05) is 6.54 Å². The predicted octanol–water partition coefficient (Wildman–Crippen LogP) is 4.53. The van der Waals surface area contributed by atoms with Gasteiger partial charge < -0.3 is 14.5 Å². The number of aryl methyl sites for hydroxylation is 2. The van der Waals surface area contributed by atoms with Crippen LogP contribution < -0.4 is 5.32 Å². The van der Waals surface area contributed by atoms with Gasteiger partial charge in [0.1, 0.15) is 5.58 Å². The molecule has 0 unspecified atom stereocenters. The molecule has 5 nitrogen and oxygen atoms in total. The Balaban J connectivity index is 1.49. The number of esters is 1. The molecule has 1 N–H and O–H groups in total. The number of allylic oxidation sites excluding steroid dienone is 1. The topological polar surface area (TPSA) is 68.5 Å². The molecule has 0 bridgehead atoms. The number of furan rings is 1. The van der Waals surface area contributed by atoms with Crippen molar-refractivity contribution in [1.82, 2.24) is 5.32 Å². The standard InChI is InChI=1S/C23H29NO4/c1-15-11-20-19(14-27-21(20)12-16(15)2)13-22(25)28-17(3)23(26)24-10-9-18-7-5-4-6-8-18/h7,11-12,14,17H,4-6,8-10,13H2,1-3H3,(H,24,26)/t17-/m1/s1. The van der Waals surface area contributed by atoms with Crippen molar-refractivity contribution in [3.05, 3.63) is 46.7 Å². The average molecular weight is 383 g/mol. The first-order chi connectivity index (χ1) is 13.4. The summed E-state index contributed by atoms with van der Waals surface area (Å²) in [4.78, 5) is 24.5. The van der Waals surface area contributed by atoms with Crippen LogP contribution in [0.4, 0.5) is 0 Å². The molecule has 0 saturated heterocycles. The number of carbonyl (C=O) groups excluding carboxylic acids is 2. The number of fused-ring (bicyclic) bond motifs is 1. The molecule has 150 valence electrons. The average Bonchev–Trinajstić information content (AvgIpc) is 3.04. The Kier molecular flexibility index (Phi) is 6.55. The first kappa shape index (κ1) is 20.2. The molecule has 3 rings (SSSR count). The van der Waals surface area contributed by atoms with Gasteiger partial charge >= 0.3 is 5.97 Å². The zero-order valence-corrected chi connectivity index (χ0v) is 17.0. The molecule has 1 amide bonds. The van der Waals surface area contributed by atoms with Gasteiger partial charge in [-0.25, -0.2) is 0 Å². The molecule has 0 fully saturated rings. The molecular weight excluding hydrogens is 354 g/mol. The van der Waals surface area contributed by atoms with Gasteiger partial charge in [0.2, 0.25) is 0 Å². The van der Waals surface area contributed by atoms with Gasteiger partial charge in [0.25, 0.3) is 5.91 Å². The zero-order valence-electron chi connectivity index (χ0n) is 17.0. The van der Waals surface area contributed by atoms with Crippen molar-refractivity contribution in [2.24, 2.45) is 0 Å². The second-order valence-electron chi connectivity index (χ2n) is 7.65. The Morgan fingerprint density at radius 2 is 2.00 bits per heavy atom. The summed E-state index contributed by atoms with van der Waals surface area (Å²) in [7, 11) is 0. The molecule has 2 aromatic rings.